The molecule has 0 unspecified atom stereocenters. The molecule has 0 atom stereocenters. The summed E-state index contributed by atoms with van der Waals surface area (Å²) >= 11 is 3.30. The van der Waals surface area contributed by atoms with Gasteiger partial charge in [-0.3, -0.25) is 0 Å². The topological polar surface area (TPSA) is 73.6 Å². The molecule has 7 heteroatoms. The third kappa shape index (κ3) is 3.22. The van der Waals surface area contributed by atoms with Crippen LogP contribution in [0.2, 0.25) is 0 Å². The second-order valence-corrected chi connectivity index (χ2v) is 4.71. The SMILES string of the molecule is CCNc1ncc(Br)c(Nc2ccc(C#N)cc2F)n1. The molecular weight excluding hydrogens is 325 g/mol. The summed E-state index contributed by atoms with van der Waals surface area (Å²) in [6, 6.07) is 6.08. The average molecular weight is 336 g/mol. The van der Waals surface area contributed by atoms with Gasteiger partial charge in [-0.15, -0.1) is 0 Å². The molecule has 2 rings (SSSR count). The van der Waals surface area contributed by atoms with Crippen LogP contribution in [0.25, 0.3) is 0 Å². The number of aromatic nitrogens is 2. The van der Waals surface area contributed by atoms with Crippen LogP contribution >= 0.6 is 15.9 Å². The lowest BCUT2D eigenvalue weighted by molar-refractivity contribution is 0.631. The first-order chi connectivity index (χ1) is 9.63. The number of nitrogens with one attached hydrogen (secondary N) is 2. The highest BCUT2D eigenvalue weighted by molar-refractivity contribution is 9.10. The fourth-order valence-electron chi connectivity index (χ4n) is 1.51. The van der Waals surface area contributed by atoms with Crippen LogP contribution in [0.3, 0.4) is 0 Å². The Morgan fingerprint density at radius 1 is 1.45 bits per heavy atom. The van der Waals surface area contributed by atoms with Crippen LogP contribution in [-0.4, -0.2) is 16.5 Å². The summed E-state index contributed by atoms with van der Waals surface area (Å²) in [5.41, 5.74) is 0.508. The van der Waals surface area contributed by atoms with Gasteiger partial charge < -0.3 is 10.6 Å². The van der Waals surface area contributed by atoms with Gasteiger partial charge in [0.25, 0.3) is 0 Å². The average Bonchev–Trinajstić information content (AvgIpc) is 2.44. The lowest BCUT2D eigenvalue weighted by Gasteiger charge is -2.10. The van der Waals surface area contributed by atoms with Gasteiger partial charge >= 0.3 is 0 Å². The zero-order chi connectivity index (χ0) is 14.5. The number of halogens is 2. The van der Waals surface area contributed by atoms with Crippen LogP contribution in [0.15, 0.2) is 28.9 Å². The van der Waals surface area contributed by atoms with Crippen LogP contribution in [0.4, 0.5) is 21.8 Å². The zero-order valence-electron chi connectivity index (χ0n) is 10.6. The van der Waals surface area contributed by atoms with Crippen LogP contribution in [0, 0.1) is 17.1 Å². The third-order valence-corrected chi connectivity index (χ3v) is 3.01. The van der Waals surface area contributed by atoms with Gasteiger partial charge in [-0.1, -0.05) is 0 Å². The Morgan fingerprint density at radius 3 is 2.90 bits per heavy atom. The molecule has 0 aliphatic carbocycles. The lowest BCUT2D eigenvalue weighted by atomic mass is 10.2. The second-order valence-electron chi connectivity index (χ2n) is 3.85. The molecule has 0 aliphatic heterocycles. The minimum absolute atomic E-state index is 0.242. The molecule has 102 valence electrons. The monoisotopic (exact) mass is 335 g/mol. The van der Waals surface area contributed by atoms with Crippen molar-refractivity contribution in [3.05, 3.63) is 40.2 Å². The molecule has 5 nitrogen and oxygen atoms in total. The number of hydrogen-bond donors (Lipinski definition) is 2. The van der Waals surface area contributed by atoms with E-state index >= 15 is 0 Å². The maximum atomic E-state index is 13.8. The molecule has 1 aromatic heterocycles. The zero-order valence-corrected chi connectivity index (χ0v) is 12.2. The first-order valence-electron chi connectivity index (χ1n) is 5.87. The van der Waals surface area contributed by atoms with Crippen molar-refractivity contribution >= 4 is 33.4 Å². The van der Waals surface area contributed by atoms with Crippen LogP contribution < -0.4 is 10.6 Å². The highest BCUT2D eigenvalue weighted by Crippen LogP contribution is 2.26. The molecule has 0 amide bonds. The van der Waals surface area contributed by atoms with E-state index in [0.29, 0.717) is 22.8 Å². The Bertz CT molecular complexity index is 668. The summed E-state index contributed by atoms with van der Waals surface area (Å²) in [6.45, 7) is 2.62. The molecule has 0 bridgehead atoms. The van der Waals surface area contributed by atoms with Crippen LogP contribution in [0.5, 0.6) is 0 Å². The number of anilines is 3. The predicted molar refractivity (Wildman–Crippen MR) is 78.3 cm³/mol. The maximum Gasteiger partial charge on any atom is 0.224 e. The Kier molecular flexibility index (Phi) is 4.48. The highest BCUT2D eigenvalue weighted by atomic mass is 79.9. The van der Waals surface area contributed by atoms with E-state index in [0.717, 1.165) is 0 Å². The molecule has 0 saturated heterocycles. The molecule has 0 spiro atoms. The van der Waals surface area contributed by atoms with Crippen molar-refractivity contribution in [1.82, 2.24) is 9.97 Å². The van der Waals surface area contributed by atoms with E-state index in [9.17, 15) is 4.39 Å². The number of nitrogens with zero attached hydrogens (tertiary/aromatic N) is 3. The highest BCUT2D eigenvalue weighted by Gasteiger charge is 2.09. The van der Waals surface area contributed by atoms with Crippen molar-refractivity contribution in [3.63, 3.8) is 0 Å². The summed E-state index contributed by atoms with van der Waals surface area (Å²) in [4.78, 5) is 8.30. The summed E-state index contributed by atoms with van der Waals surface area (Å²) in [6.07, 6.45) is 1.58. The predicted octanol–water partition coefficient (Wildman–Crippen LogP) is 3.43. The van der Waals surface area contributed by atoms with Gasteiger partial charge in [0, 0.05) is 12.7 Å². The van der Waals surface area contributed by atoms with Crippen molar-refractivity contribution < 1.29 is 4.39 Å². The minimum atomic E-state index is -0.514. The lowest BCUT2D eigenvalue weighted by Crippen LogP contribution is -2.05. The maximum absolute atomic E-state index is 13.8. The van der Waals surface area contributed by atoms with E-state index in [4.69, 9.17) is 5.26 Å². The van der Waals surface area contributed by atoms with Crippen LogP contribution in [0.1, 0.15) is 12.5 Å². The number of hydrogen-bond acceptors (Lipinski definition) is 5. The third-order valence-electron chi connectivity index (χ3n) is 2.43. The quantitative estimate of drug-likeness (QED) is 0.895. The Hall–Kier alpha value is -2.20. The standard InChI is InChI=1S/C13H11BrFN5/c1-2-17-13-18-7-9(14)12(20-13)19-11-4-3-8(6-16)5-10(11)15/h3-5,7H,2H2,1H3,(H2,17,18,19,20). The normalized spacial score (nSPS) is 9.90. The number of nitriles is 1. The minimum Gasteiger partial charge on any atom is -0.354 e. The smallest absolute Gasteiger partial charge is 0.224 e. The van der Waals surface area contributed by atoms with E-state index in [1.165, 1.54) is 18.2 Å². The largest absolute Gasteiger partial charge is 0.354 e. The van der Waals surface area contributed by atoms with E-state index in [1.807, 2.05) is 13.0 Å². The molecule has 0 saturated carbocycles. The summed E-state index contributed by atoms with van der Waals surface area (Å²) in [5.74, 6) is 0.381. The summed E-state index contributed by atoms with van der Waals surface area (Å²) in [5, 5.41) is 14.6. The molecule has 0 radical (unpaired) electrons. The van der Waals surface area contributed by atoms with Gasteiger partial charge in [0.1, 0.15) is 11.6 Å². The van der Waals surface area contributed by atoms with Gasteiger partial charge in [-0.25, -0.2) is 9.37 Å². The van der Waals surface area contributed by atoms with E-state index in [-0.39, 0.29) is 11.3 Å². The van der Waals surface area contributed by atoms with Gasteiger partial charge in [-0.2, -0.15) is 10.2 Å². The van der Waals surface area contributed by atoms with Gasteiger partial charge in [0.15, 0.2) is 0 Å². The van der Waals surface area contributed by atoms with E-state index < -0.39 is 5.82 Å². The first-order valence-corrected chi connectivity index (χ1v) is 6.66. The molecule has 2 aromatic rings. The Balaban J connectivity index is 2.30. The first kappa shape index (κ1) is 14.2. The van der Waals surface area contributed by atoms with Crippen molar-refractivity contribution in [1.29, 1.82) is 5.26 Å². The van der Waals surface area contributed by atoms with Gasteiger partial charge in [-0.05, 0) is 41.1 Å². The van der Waals surface area contributed by atoms with E-state index in [2.05, 4.69) is 36.5 Å². The molecule has 2 N–H and O–H groups in total. The fourth-order valence-corrected chi connectivity index (χ4v) is 1.80. The number of rotatable bonds is 4. The van der Waals surface area contributed by atoms with E-state index in [1.54, 1.807) is 6.20 Å². The van der Waals surface area contributed by atoms with Crippen molar-refractivity contribution in [2.24, 2.45) is 0 Å². The van der Waals surface area contributed by atoms with Crippen molar-refractivity contribution in [3.8, 4) is 6.07 Å². The molecule has 0 fully saturated rings. The fraction of sp³-hybridized carbons (Fsp3) is 0.154. The van der Waals surface area contributed by atoms with Gasteiger partial charge in [0.2, 0.25) is 5.95 Å². The summed E-state index contributed by atoms with van der Waals surface area (Å²) < 4.78 is 14.4. The van der Waals surface area contributed by atoms with Gasteiger partial charge in [0.05, 0.1) is 21.8 Å². The molecule has 1 heterocycles. The molecule has 0 aliphatic rings. The van der Waals surface area contributed by atoms with Crippen molar-refractivity contribution in [2.45, 2.75) is 6.92 Å². The Morgan fingerprint density at radius 2 is 2.25 bits per heavy atom. The summed E-state index contributed by atoms with van der Waals surface area (Å²) in [7, 11) is 0. The molecular formula is C13H11BrFN5. The Labute approximate surface area is 124 Å². The second kappa shape index (κ2) is 6.30. The van der Waals surface area contributed by atoms with Crippen molar-refractivity contribution in [2.75, 3.05) is 17.2 Å². The molecule has 1 aromatic carbocycles. The molecule has 20 heavy (non-hydrogen) atoms. The number of benzene rings is 1. The van der Waals surface area contributed by atoms with Crippen LogP contribution in [-0.2, 0) is 0 Å².